The molecule has 5 N–H and O–H groups in total. The van der Waals surface area contributed by atoms with Gasteiger partial charge in [0.15, 0.2) is 17.4 Å². The number of phosphoric acid groups is 1. The summed E-state index contributed by atoms with van der Waals surface area (Å²) < 4.78 is 22.0. The van der Waals surface area contributed by atoms with Gasteiger partial charge in [0.05, 0.1) is 12.9 Å². The number of nitrogens with zero attached hydrogens (tertiary/aromatic N) is 3. The van der Waals surface area contributed by atoms with Crippen molar-refractivity contribution < 1.29 is 33.8 Å². The lowest BCUT2D eigenvalue weighted by Gasteiger charge is -2.16. The molecule has 0 aliphatic carbocycles. The fraction of sp³-hybridized carbons (Fsp3) is 0.312. The van der Waals surface area contributed by atoms with Gasteiger partial charge in [0.2, 0.25) is 0 Å². The Bertz CT molecular complexity index is 1130. The van der Waals surface area contributed by atoms with Crippen LogP contribution in [-0.4, -0.2) is 64.4 Å². The van der Waals surface area contributed by atoms with E-state index in [1.807, 2.05) is 6.07 Å². The molecule has 1 aliphatic heterocycles. The molecule has 1 saturated heterocycles. The lowest BCUT2D eigenvalue weighted by atomic mass is 10.1. The molecular formula is C16H17N4O8P. The highest BCUT2D eigenvalue weighted by Gasteiger charge is 2.45. The molecule has 154 valence electrons. The maximum absolute atomic E-state index is 12.4. The van der Waals surface area contributed by atoms with Crippen LogP contribution in [-0.2, 0) is 13.8 Å². The molecular weight excluding hydrogens is 407 g/mol. The Labute approximate surface area is 162 Å². The number of nitrogens with one attached hydrogen (secondary N) is 1. The zero-order chi connectivity index (χ0) is 20.8. The van der Waals surface area contributed by atoms with Gasteiger partial charge in [0.25, 0.3) is 5.56 Å². The summed E-state index contributed by atoms with van der Waals surface area (Å²) in [6.07, 6.45) is -4.14. The van der Waals surface area contributed by atoms with Crippen molar-refractivity contribution in [2.24, 2.45) is 0 Å². The number of hydrogen-bond acceptors (Lipinski definition) is 8. The molecule has 0 amide bonds. The summed E-state index contributed by atoms with van der Waals surface area (Å²) in [6.45, 7) is -0.644. The van der Waals surface area contributed by atoms with Crippen LogP contribution in [0, 0.1) is 0 Å². The topological polar surface area (TPSA) is 180 Å². The van der Waals surface area contributed by atoms with Gasteiger partial charge in [-0.1, -0.05) is 30.3 Å². The third-order valence-electron chi connectivity index (χ3n) is 4.50. The Morgan fingerprint density at radius 3 is 2.62 bits per heavy atom. The largest absolute Gasteiger partial charge is 0.469 e. The quantitative estimate of drug-likeness (QED) is 0.336. The highest BCUT2D eigenvalue weighted by molar-refractivity contribution is 7.46. The van der Waals surface area contributed by atoms with Crippen LogP contribution in [0.5, 0.6) is 0 Å². The standard InChI is InChI=1S/C16H17N4O8P/c21-11-9(6-27-29(24,25)26)28-16(12(11)22)20-7-17-10-14(20)18-13(19-15(10)23)8-4-2-1-3-5-8/h1-5,7,9,11-12,16,21-22H,6H2,(H,18,19,23)(H2,24,25,26)/t9-,11-,12-,16?/m0/s1. The Morgan fingerprint density at radius 2 is 1.93 bits per heavy atom. The molecule has 0 saturated carbocycles. The Kier molecular flexibility index (Phi) is 5.09. The summed E-state index contributed by atoms with van der Waals surface area (Å²) >= 11 is 0. The second-order valence-electron chi connectivity index (χ2n) is 6.44. The number of imidazole rings is 1. The van der Waals surface area contributed by atoms with Crippen molar-refractivity contribution in [2.45, 2.75) is 24.5 Å². The van der Waals surface area contributed by atoms with Gasteiger partial charge in [0, 0.05) is 5.56 Å². The number of fused-ring (bicyclic) bond motifs is 1. The van der Waals surface area contributed by atoms with E-state index in [1.54, 1.807) is 24.3 Å². The van der Waals surface area contributed by atoms with E-state index in [2.05, 4.69) is 19.5 Å². The van der Waals surface area contributed by atoms with E-state index < -0.39 is 44.5 Å². The summed E-state index contributed by atoms with van der Waals surface area (Å²) in [5.74, 6) is 0.277. The van der Waals surface area contributed by atoms with Crippen LogP contribution in [0.4, 0.5) is 0 Å². The summed E-state index contributed by atoms with van der Waals surface area (Å²) in [4.78, 5) is 41.1. The Hall–Kier alpha value is -2.44. The third kappa shape index (κ3) is 3.87. The number of H-pyrrole nitrogens is 1. The predicted molar refractivity (Wildman–Crippen MR) is 97.5 cm³/mol. The van der Waals surface area contributed by atoms with Gasteiger partial charge in [-0.25, -0.2) is 14.5 Å². The minimum absolute atomic E-state index is 0.00453. The number of aliphatic hydroxyl groups excluding tert-OH is 2. The number of aromatic amines is 1. The fourth-order valence-corrected chi connectivity index (χ4v) is 3.45. The lowest BCUT2D eigenvalue weighted by molar-refractivity contribution is -0.0503. The first-order valence-corrected chi connectivity index (χ1v) is 10.0. The van der Waals surface area contributed by atoms with Crippen molar-refractivity contribution in [1.82, 2.24) is 19.5 Å². The number of hydrogen-bond donors (Lipinski definition) is 5. The summed E-state index contributed by atoms with van der Waals surface area (Å²) in [6, 6.07) is 8.88. The van der Waals surface area contributed by atoms with Gasteiger partial charge >= 0.3 is 7.82 Å². The highest BCUT2D eigenvalue weighted by Crippen LogP contribution is 2.38. The average Bonchev–Trinajstić information content (AvgIpc) is 3.22. The molecule has 1 fully saturated rings. The van der Waals surface area contributed by atoms with Crippen molar-refractivity contribution in [3.63, 3.8) is 0 Å². The van der Waals surface area contributed by atoms with Crippen molar-refractivity contribution in [3.8, 4) is 11.4 Å². The lowest BCUT2D eigenvalue weighted by Crippen LogP contribution is -2.33. The molecule has 4 atom stereocenters. The van der Waals surface area contributed by atoms with Crippen LogP contribution in [0.15, 0.2) is 41.5 Å². The summed E-state index contributed by atoms with van der Waals surface area (Å²) in [5.41, 5.74) is 0.271. The summed E-state index contributed by atoms with van der Waals surface area (Å²) in [7, 11) is -4.78. The van der Waals surface area contributed by atoms with E-state index in [1.165, 1.54) is 10.9 Å². The number of benzene rings is 1. The molecule has 3 heterocycles. The first kappa shape index (κ1) is 19.9. The SMILES string of the molecule is O=c1[nH]c(-c2ccccc2)nc2c1ncn2C1O[C@@H](COP(=O)(O)O)[C@H](O)[C@@H]1O. The molecule has 1 aliphatic rings. The zero-order valence-electron chi connectivity index (χ0n) is 14.7. The molecule has 29 heavy (non-hydrogen) atoms. The molecule has 13 heteroatoms. The molecule has 12 nitrogen and oxygen atoms in total. The molecule has 3 aromatic rings. The van der Waals surface area contributed by atoms with Crippen LogP contribution in [0.3, 0.4) is 0 Å². The second-order valence-corrected chi connectivity index (χ2v) is 7.68. The van der Waals surface area contributed by atoms with Crippen LogP contribution in [0.2, 0.25) is 0 Å². The van der Waals surface area contributed by atoms with Crippen molar-refractivity contribution >= 4 is 19.0 Å². The van der Waals surface area contributed by atoms with Crippen molar-refractivity contribution in [3.05, 3.63) is 47.0 Å². The minimum atomic E-state index is -4.78. The van der Waals surface area contributed by atoms with Gasteiger partial charge in [-0.15, -0.1) is 0 Å². The van der Waals surface area contributed by atoms with Gasteiger partial charge in [0.1, 0.15) is 24.1 Å². The smallest absolute Gasteiger partial charge is 0.387 e. The maximum Gasteiger partial charge on any atom is 0.469 e. The number of ether oxygens (including phenoxy) is 1. The van der Waals surface area contributed by atoms with Crippen molar-refractivity contribution in [1.29, 1.82) is 0 Å². The number of aliphatic hydroxyl groups is 2. The van der Waals surface area contributed by atoms with Gasteiger partial charge in [-0.05, 0) is 0 Å². The number of phosphoric ester groups is 1. The molecule has 1 unspecified atom stereocenters. The Balaban J connectivity index is 1.70. The maximum atomic E-state index is 12.4. The second kappa shape index (κ2) is 7.43. The van der Waals surface area contributed by atoms with E-state index in [0.717, 1.165) is 0 Å². The normalized spacial score (nSPS) is 25.0. The fourth-order valence-electron chi connectivity index (χ4n) is 3.11. The summed E-state index contributed by atoms with van der Waals surface area (Å²) in [5, 5.41) is 20.5. The Morgan fingerprint density at radius 1 is 1.21 bits per heavy atom. The van der Waals surface area contributed by atoms with Gasteiger partial charge < -0.3 is 29.7 Å². The van der Waals surface area contributed by atoms with Crippen molar-refractivity contribution in [2.75, 3.05) is 6.61 Å². The predicted octanol–water partition coefficient (Wildman–Crippen LogP) is -0.485. The van der Waals surface area contributed by atoms with E-state index in [-0.39, 0.29) is 17.0 Å². The highest BCUT2D eigenvalue weighted by atomic mass is 31.2. The van der Waals surface area contributed by atoms with Gasteiger partial charge in [-0.3, -0.25) is 13.9 Å². The molecule has 0 bridgehead atoms. The molecule has 0 spiro atoms. The van der Waals surface area contributed by atoms with Crippen LogP contribution >= 0.6 is 7.82 Å². The third-order valence-corrected chi connectivity index (χ3v) is 4.98. The van der Waals surface area contributed by atoms with Crippen LogP contribution in [0.25, 0.3) is 22.6 Å². The van der Waals surface area contributed by atoms with Gasteiger partial charge in [-0.2, -0.15) is 0 Å². The first-order valence-electron chi connectivity index (χ1n) is 8.48. The minimum Gasteiger partial charge on any atom is -0.387 e. The molecule has 0 radical (unpaired) electrons. The van der Waals surface area contributed by atoms with Crippen LogP contribution in [0.1, 0.15) is 6.23 Å². The van der Waals surface area contributed by atoms with E-state index in [4.69, 9.17) is 14.5 Å². The number of aromatic nitrogens is 4. The average molecular weight is 424 g/mol. The van der Waals surface area contributed by atoms with E-state index in [0.29, 0.717) is 5.56 Å². The van der Waals surface area contributed by atoms with E-state index >= 15 is 0 Å². The molecule has 1 aromatic carbocycles. The molecule has 2 aromatic heterocycles. The van der Waals surface area contributed by atoms with Crippen LogP contribution < -0.4 is 5.56 Å². The number of rotatable bonds is 5. The monoisotopic (exact) mass is 424 g/mol. The zero-order valence-corrected chi connectivity index (χ0v) is 15.6. The first-order chi connectivity index (χ1) is 13.7. The molecule has 4 rings (SSSR count). The van der Waals surface area contributed by atoms with E-state index in [9.17, 15) is 19.6 Å².